The van der Waals surface area contributed by atoms with Crippen molar-refractivity contribution in [3.8, 4) is 11.3 Å². The van der Waals surface area contributed by atoms with Crippen molar-refractivity contribution in [2.24, 2.45) is 5.92 Å². The monoisotopic (exact) mass is 238 g/mol. The van der Waals surface area contributed by atoms with E-state index in [2.05, 4.69) is 47.6 Å². The predicted octanol–water partition coefficient (Wildman–Crippen LogP) is 3.91. The molecule has 2 aromatic rings. The number of nitrogens with zero attached hydrogens (tertiary/aromatic N) is 1. The summed E-state index contributed by atoms with van der Waals surface area (Å²) < 4.78 is 0. The molecule has 92 valence electrons. The zero-order valence-electron chi connectivity index (χ0n) is 10.9. The van der Waals surface area contributed by atoms with E-state index in [0.29, 0.717) is 5.92 Å². The topological polar surface area (TPSA) is 24.9 Å². The van der Waals surface area contributed by atoms with Crippen molar-refractivity contribution < 1.29 is 0 Å². The number of pyridine rings is 1. The highest BCUT2D eigenvalue weighted by Crippen LogP contribution is 2.50. The lowest BCUT2D eigenvalue weighted by Crippen LogP contribution is -1.94. The van der Waals surface area contributed by atoms with Crippen LogP contribution in [0.3, 0.4) is 0 Å². The van der Waals surface area contributed by atoms with Crippen molar-refractivity contribution in [1.82, 2.24) is 4.98 Å². The molecule has 0 radical (unpaired) electrons. The Morgan fingerprint density at radius 2 is 2.06 bits per heavy atom. The third-order valence-electron chi connectivity index (χ3n) is 3.79. The van der Waals surface area contributed by atoms with E-state index in [4.69, 9.17) is 0 Å². The Hall–Kier alpha value is -1.83. The molecule has 2 nitrogen and oxygen atoms in total. The number of rotatable bonds is 3. The van der Waals surface area contributed by atoms with Crippen molar-refractivity contribution >= 4 is 5.69 Å². The van der Waals surface area contributed by atoms with Crippen LogP contribution in [0, 0.1) is 5.92 Å². The van der Waals surface area contributed by atoms with E-state index < -0.39 is 0 Å². The number of nitrogens with one attached hydrogen (secondary N) is 1. The van der Waals surface area contributed by atoms with E-state index in [1.807, 2.05) is 19.3 Å². The molecule has 0 aliphatic heterocycles. The van der Waals surface area contributed by atoms with Gasteiger partial charge in [0.25, 0.3) is 0 Å². The highest BCUT2D eigenvalue weighted by Gasteiger charge is 2.35. The summed E-state index contributed by atoms with van der Waals surface area (Å²) in [6.45, 7) is 2.32. The number of anilines is 1. The first-order chi connectivity index (χ1) is 8.79. The van der Waals surface area contributed by atoms with E-state index in [0.717, 1.165) is 17.3 Å². The van der Waals surface area contributed by atoms with Crippen LogP contribution >= 0.6 is 0 Å². The Morgan fingerprint density at radius 1 is 1.22 bits per heavy atom. The lowest BCUT2D eigenvalue weighted by molar-refractivity contribution is 0.915. The summed E-state index contributed by atoms with van der Waals surface area (Å²) in [5.74, 6) is 1.53. The van der Waals surface area contributed by atoms with E-state index in [1.54, 1.807) is 0 Å². The smallest absolute Gasteiger partial charge is 0.0705 e. The first-order valence-electron chi connectivity index (χ1n) is 6.52. The Kier molecular flexibility index (Phi) is 2.78. The van der Waals surface area contributed by atoms with Crippen molar-refractivity contribution in [2.75, 3.05) is 12.4 Å². The van der Waals surface area contributed by atoms with E-state index in [-0.39, 0.29) is 0 Å². The fourth-order valence-electron chi connectivity index (χ4n) is 2.53. The number of aromatic nitrogens is 1. The van der Waals surface area contributed by atoms with Gasteiger partial charge in [0.05, 0.1) is 5.69 Å². The summed E-state index contributed by atoms with van der Waals surface area (Å²) in [6, 6.07) is 12.7. The first-order valence-corrected chi connectivity index (χ1v) is 6.52. The molecule has 2 atom stereocenters. The average Bonchev–Trinajstić information content (AvgIpc) is 3.16. The molecule has 18 heavy (non-hydrogen) atoms. The lowest BCUT2D eigenvalue weighted by Gasteiger charge is -2.11. The Balaban J connectivity index is 2.09. The van der Waals surface area contributed by atoms with Gasteiger partial charge < -0.3 is 5.32 Å². The summed E-state index contributed by atoms with van der Waals surface area (Å²) in [5, 5.41) is 3.21. The van der Waals surface area contributed by atoms with Crippen LogP contribution in [0.2, 0.25) is 0 Å². The molecule has 1 aromatic heterocycles. The standard InChI is InChI=1S/C16H18N2/c1-11-9-14(11)13-7-6-12(17-2)10-15(13)16-5-3-4-8-18-16/h3-8,10-11,14,17H,9H2,1-2H3/t11?,14-/m1/s1. The van der Waals surface area contributed by atoms with Crippen LogP contribution in [0.25, 0.3) is 11.3 Å². The van der Waals surface area contributed by atoms with Gasteiger partial charge in [0.1, 0.15) is 0 Å². The summed E-state index contributed by atoms with van der Waals surface area (Å²) in [6.07, 6.45) is 3.17. The molecule has 0 spiro atoms. The third kappa shape index (κ3) is 1.99. The number of benzene rings is 1. The van der Waals surface area contributed by atoms with Crippen molar-refractivity contribution in [2.45, 2.75) is 19.3 Å². The fraction of sp³-hybridized carbons (Fsp3) is 0.312. The van der Waals surface area contributed by atoms with Gasteiger partial charge in [-0.2, -0.15) is 0 Å². The molecule has 1 saturated carbocycles. The van der Waals surface area contributed by atoms with E-state index in [1.165, 1.54) is 17.5 Å². The van der Waals surface area contributed by atoms with Crippen LogP contribution < -0.4 is 5.32 Å². The fourth-order valence-corrected chi connectivity index (χ4v) is 2.53. The zero-order valence-corrected chi connectivity index (χ0v) is 10.9. The maximum Gasteiger partial charge on any atom is 0.0705 e. The number of hydrogen-bond donors (Lipinski definition) is 1. The van der Waals surface area contributed by atoms with Crippen LogP contribution in [0.4, 0.5) is 5.69 Å². The summed E-state index contributed by atoms with van der Waals surface area (Å²) in [7, 11) is 1.96. The first kappa shape index (κ1) is 11.3. The van der Waals surface area contributed by atoms with Gasteiger partial charge in [-0.3, -0.25) is 4.98 Å². The molecule has 1 heterocycles. The molecular formula is C16H18N2. The maximum absolute atomic E-state index is 4.49. The third-order valence-corrected chi connectivity index (χ3v) is 3.79. The molecular weight excluding hydrogens is 220 g/mol. The Labute approximate surface area is 108 Å². The van der Waals surface area contributed by atoms with Gasteiger partial charge in [0.15, 0.2) is 0 Å². The molecule has 1 unspecified atom stereocenters. The van der Waals surface area contributed by atoms with Gasteiger partial charge in [0, 0.05) is 24.5 Å². The quantitative estimate of drug-likeness (QED) is 0.876. The van der Waals surface area contributed by atoms with Crippen molar-refractivity contribution in [3.63, 3.8) is 0 Å². The summed E-state index contributed by atoms with van der Waals surface area (Å²) in [4.78, 5) is 4.49. The Bertz CT molecular complexity index is 548. The minimum absolute atomic E-state index is 0.716. The van der Waals surface area contributed by atoms with Gasteiger partial charge in [-0.1, -0.05) is 19.1 Å². The highest BCUT2D eigenvalue weighted by molar-refractivity contribution is 5.70. The molecule has 0 amide bonds. The van der Waals surface area contributed by atoms with Crippen LogP contribution in [0.5, 0.6) is 0 Å². The van der Waals surface area contributed by atoms with Crippen molar-refractivity contribution in [1.29, 1.82) is 0 Å². The highest BCUT2D eigenvalue weighted by atomic mass is 14.8. The minimum atomic E-state index is 0.716. The molecule has 1 fully saturated rings. The van der Waals surface area contributed by atoms with Gasteiger partial charge in [-0.15, -0.1) is 0 Å². The SMILES string of the molecule is CNc1ccc([C@@H]2CC2C)c(-c2ccccn2)c1. The average molecular weight is 238 g/mol. The van der Waals surface area contributed by atoms with Gasteiger partial charge in [-0.25, -0.2) is 0 Å². The van der Waals surface area contributed by atoms with Crippen LogP contribution in [0.1, 0.15) is 24.8 Å². The Morgan fingerprint density at radius 3 is 2.67 bits per heavy atom. The zero-order chi connectivity index (χ0) is 12.5. The largest absolute Gasteiger partial charge is 0.388 e. The lowest BCUT2D eigenvalue weighted by atomic mass is 9.98. The number of hydrogen-bond acceptors (Lipinski definition) is 2. The van der Waals surface area contributed by atoms with Crippen molar-refractivity contribution in [3.05, 3.63) is 48.2 Å². The predicted molar refractivity (Wildman–Crippen MR) is 75.7 cm³/mol. The molecule has 3 rings (SSSR count). The molecule has 1 aromatic carbocycles. The maximum atomic E-state index is 4.49. The second kappa shape index (κ2) is 4.45. The van der Waals surface area contributed by atoms with Gasteiger partial charge in [-0.05, 0) is 48.1 Å². The molecule has 2 heteroatoms. The van der Waals surface area contributed by atoms with Gasteiger partial charge >= 0.3 is 0 Å². The summed E-state index contributed by atoms with van der Waals surface area (Å²) in [5.41, 5.74) is 4.94. The van der Waals surface area contributed by atoms with Gasteiger partial charge in [0.2, 0.25) is 0 Å². The second-order valence-corrected chi connectivity index (χ2v) is 5.09. The molecule has 0 saturated heterocycles. The molecule has 1 aliphatic carbocycles. The molecule has 1 aliphatic rings. The van der Waals surface area contributed by atoms with Crippen LogP contribution in [-0.4, -0.2) is 12.0 Å². The molecule has 1 N–H and O–H groups in total. The normalized spacial score (nSPS) is 21.7. The van der Waals surface area contributed by atoms with Crippen LogP contribution in [0.15, 0.2) is 42.6 Å². The van der Waals surface area contributed by atoms with E-state index in [9.17, 15) is 0 Å². The second-order valence-electron chi connectivity index (χ2n) is 5.09. The molecule has 0 bridgehead atoms. The van der Waals surface area contributed by atoms with E-state index >= 15 is 0 Å². The summed E-state index contributed by atoms with van der Waals surface area (Å²) >= 11 is 0. The minimum Gasteiger partial charge on any atom is -0.388 e. The van der Waals surface area contributed by atoms with Crippen LogP contribution in [-0.2, 0) is 0 Å².